The average Bonchev–Trinajstić information content (AvgIpc) is 1.69. The van der Waals surface area contributed by atoms with Crippen molar-refractivity contribution in [3.05, 3.63) is 366 Å². The Morgan fingerprint density at radius 1 is 0.376 bits per heavy atom. The smallest absolute Gasteiger partial charge is 0.267 e. The minimum Gasteiger partial charge on any atom is -0.344 e. The Kier molecular flexibility index (Phi) is 25.8. The van der Waals surface area contributed by atoms with E-state index >= 15 is 0 Å². The van der Waals surface area contributed by atoms with Crippen molar-refractivity contribution in [1.82, 2.24) is 41.8 Å². The van der Waals surface area contributed by atoms with Crippen LogP contribution in [-0.2, 0) is 52.4 Å². The van der Waals surface area contributed by atoms with Crippen molar-refractivity contribution in [2.75, 3.05) is 0 Å². The highest BCUT2D eigenvalue weighted by molar-refractivity contribution is 9.10. The van der Waals surface area contributed by atoms with Gasteiger partial charge < -0.3 is 32.0 Å². The van der Waals surface area contributed by atoms with Crippen LogP contribution < -0.4 is 22.2 Å². The molecule has 0 saturated heterocycles. The largest absolute Gasteiger partial charge is 0.344 e. The molecular formula is C82H83BrN10O8. The summed E-state index contributed by atoms with van der Waals surface area (Å²) < 4.78 is 14.6. The maximum atomic E-state index is 12.7. The fraction of sp³-hybridized carbons (Fsp3) is 0.220. The molecule has 0 amide bonds. The minimum atomic E-state index is -0.296. The van der Waals surface area contributed by atoms with Gasteiger partial charge in [-0.3, -0.25) is 38.4 Å². The van der Waals surface area contributed by atoms with E-state index in [9.17, 15) is 38.4 Å². The number of aromatic nitrogens is 9. The molecule has 8 heterocycles. The first kappa shape index (κ1) is 75.2. The van der Waals surface area contributed by atoms with Gasteiger partial charge in [-0.15, -0.1) is 0 Å². The molecule has 0 fully saturated rings. The van der Waals surface area contributed by atoms with Crippen molar-refractivity contribution >= 4 is 39.1 Å². The first-order chi connectivity index (χ1) is 48.0. The SMILES string of the molecule is C.Cc1cc(C(=O)Cn2cc(Br)ccc2=O)c(C)n1Cc1ccccc1.Cc1cc(C(=O)Cn2cc(C#N)ccc2=O)c(C)n1Cc1ccccc1.Cc1cc(C(=O)Cn2ccccc2=O)c(C)n1Cc1ccccc1.Cc1ccc(=O)n(CC(=O)c2cc(C)n(Cc3ccccc3)c2C)n1. The molecule has 0 aliphatic rings. The third-order valence-corrected chi connectivity index (χ3v) is 17.9. The Balaban J connectivity index is 0.000000171. The van der Waals surface area contributed by atoms with E-state index in [2.05, 4.69) is 75.7 Å². The molecule has 0 spiro atoms. The summed E-state index contributed by atoms with van der Waals surface area (Å²) in [5.41, 5.74) is 15.2. The van der Waals surface area contributed by atoms with E-state index in [4.69, 9.17) is 5.26 Å². The van der Waals surface area contributed by atoms with Gasteiger partial charge in [0.1, 0.15) is 12.6 Å². The number of carbonyl (C=O) groups is 4. The lowest BCUT2D eigenvalue weighted by Gasteiger charge is -2.10. The second-order valence-corrected chi connectivity index (χ2v) is 25.5. The molecule has 0 bridgehead atoms. The summed E-state index contributed by atoms with van der Waals surface area (Å²) in [6.45, 7) is 20.4. The molecule has 18 nitrogen and oxygen atoms in total. The van der Waals surface area contributed by atoms with Crippen LogP contribution in [0.2, 0.25) is 0 Å². The molecule has 0 radical (unpaired) electrons. The van der Waals surface area contributed by atoms with Crippen molar-refractivity contribution in [3.63, 3.8) is 0 Å². The van der Waals surface area contributed by atoms with E-state index in [-0.39, 0.29) is 79.0 Å². The number of aryl methyl sites for hydroxylation is 5. The molecule has 0 N–H and O–H groups in total. The Hall–Kier alpha value is -11.6. The maximum Gasteiger partial charge on any atom is 0.267 e. The Morgan fingerprint density at radius 2 is 0.693 bits per heavy atom. The van der Waals surface area contributed by atoms with Gasteiger partial charge in [-0.25, -0.2) is 4.68 Å². The van der Waals surface area contributed by atoms with Crippen molar-refractivity contribution in [3.8, 4) is 6.07 Å². The van der Waals surface area contributed by atoms with Gasteiger partial charge in [-0.1, -0.05) is 135 Å². The zero-order chi connectivity index (χ0) is 71.7. The Labute approximate surface area is 596 Å². The first-order valence-electron chi connectivity index (χ1n) is 32.6. The van der Waals surface area contributed by atoms with E-state index in [0.717, 1.165) is 68.7 Å². The highest BCUT2D eigenvalue weighted by Gasteiger charge is 2.22. The number of nitrogens with zero attached hydrogens (tertiary/aromatic N) is 10. The lowest BCUT2D eigenvalue weighted by Crippen LogP contribution is -2.26. The fourth-order valence-corrected chi connectivity index (χ4v) is 12.3. The third kappa shape index (κ3) is 19.4. The average molecular weight is 1420 g/mol. The number of nitriles is 1. The van der Waals surface area contributed by atoms with Crippen molar-refractivity contribution in [2.24, 2.45) is 0 Å². The summed E-state index contributed by atoms with van der Waals surface area (Å²) in [4.78, 5) is 98.4. The molecule has 0 aliphatic heterocycles. The van der Waals surface area contributed by atoms with Gasteiger partial charge in [-0.05, 0) is 149 Å². The highest BCUT2D eigenvalue weighted by atomic mass is 79.9. The lowest BCUT2D eigenvalue weighted by molar-refractivity contribution is 0.0957. The van der Waals surface area contributed by atoms with Gasteiger partial charge in [0.25, 0.3) is 22.2 Å². The van der Waals surface area contributed by atoms with Crippen LogP contribution in [0.5, 0.6) is 0 Å². The number of hydrogen-bond acceptors (Lipinski definition) is 10. The lowest BCUT2D eigenvalue weighted by atomic mass is 10.1. The van der Waals surface area contributed by atoms with E-state index in [1.807, 2.05) is 171 Å². The second kappa shape index (κ2) is 34.7. The van der Waals surface area contributed by atoms with Gasteiger partial charge >= 0.3 is 0 Å². The van der Waals surface area contributed by atoms with E-state index in [1.165, 1.54) is 71.6 Å². The molecule has 12 rings (SSSR count). The summed E-state index contributed by atoms with van der Waals surface area (Å²) in [7, 11) is 0. The molecule has 12 aromatic rings. The summed E-state index contributed by atoms with van der Waals surface area (Å²) in [6.07, 6.45) is 4.70. The Bertz CT molecular complexity index is 5060. The van der Waals surface area contributed by atoms with Crippen LogP contribution in [0.25, 0.3) is 0 Å². The molecule has 8 aromatic heterocycles. The predicted octanol–water partition coefficient (Wildman–Crippen LogP) is 13.8. The van der Waals surface area contributed by atoms with Gasteiger partial charge in [-0.2, -0.15) is 10.4 Å². The van der Waals surface area contributed by atoms with Crippen LogP contribution in [0.1, 0.15) is 128 Å². The summed E-state index contributed by atoms with van der Waals surface area (Å²) in [5, 5.41) is 13.1. The zero-order valence-electron chi connectivity index (χ0n) is 57.6. The summed E-state index contributed by atoms with van der Waals surface area (Å²) >= 11 is 3.33. The topological polar surface area (TPSA) is 213 Å². The van der Waals surface area contributed by atoms with E-state index in [0.29, 0.717) is 46.6 Å². The number of ketones is 4. The number of hydrogen-bond donors (Lipinski definition) is 0. The number of halogens is 1. The van der Waals surface area contributed by atoms with Gasteiger partial charge in [0.15, 0.2) is 23.1 Å². The standard InChI is InChI=1S/C21H19N3O2.C20H19BrN2O2.C20H21N3O2.C20H20N2O2.CH4/c1-15-10-19(16(2)24(15)13-17-6-4-3-5-7-17)20(25)14-23-12-18(11-22)8-9-21(23)26;1-14-10-18(15(2)23(14)11-16-6-4-3-5-7-16)19(24)13-22-12-17(21)8-9-20(22)25;1-14-9-10-20(25)23(21-14)13-19(24)18-11-15(2)22(16(18)3)12-17-7-5-4-6-8-17;1-15-12-18(19(23)14-21-11-7-6-10-20(21)24)16(2)22(15)13-17-8-4-3-5-9-17;/h3-10,12H,13-14H2,1-2H3;3-10,12H,11,13H2,1-2H3;4-11H,12-13H2,1-3H3;3-12H,13-14H2,1-2H3;1H4. The second-order valence-electron chi connectivity index (χ2n) is 24.6. The number of pyridine rings is 3. The van der Waals surface area contributed by atoms with Crippen LogP contribution >= 0.6 is 15.9 Å². The van der Waals surface area contributed by atoms with E-state index in [1.54, 1.807) is 43.6 Å². The fourth-order valence-electron chi connectivity index (χ4n) is 11.9. The van der Waals surface area contributed by atoms with Gasteiger partial charge in [0, 0.05) is 141 Å². The monoisotopic (exact) mass is 1410 g/mol. The van der Waals surface area contributed by atoms with Crippen molar-refractivity contribution in [2.45, 2.75) is 122 Å². The summed E-state index contributed by atoms with van der Waals surface area (Å²) in [6, 6.07) is 63.9. The quantitative estimate of drug-likeness (QED) is 0.0658. The number of benzene rings is 4. The minimum absolute atomic E-state index is 0. The van der Waals surface area contributed by atoms with Crippen LogP contribution in [0.3, 0.4) is 0 Å². The molecule has 101 heavy (non-hydrogen) atoms. The van der Waals surface area contributed by atoms with Gasteiger partial charge in [0.2, 0.25) is 0 Å². The van der Waals surface area contributed by atoms with Gasteiger partial charge in [0.05, 0.1) is 30.9 Å². The third-order valence-electron chi connectivity index (χ3n) is 17.4. The Morgan fingerprint density at radius 3 is 1.06 bits per heavy atom. The molecule has 4 aromatic carbocycles. The molecule has 0 saturated carbocycles. The van der Waals surface area contributed by atoms with Crippen LogP contribution in [0.4, 0.5) is 0 Å². The molecule has 0 aliphatic carbocycles. The molecule has 0 atom stereocenters. The predicted molar refractivity (Wildman–Crippen MR) is 400 cm³/mol. The molecule has 0 unspecified atom stereocenters. The van der Waals surface area contributed by atoms with E-state index < -0.39 is 0 Å². The molecule has 516 valence electrons. The highest BCUT2D eigenvalue weighted by Crippen LogP contribution is 2.23. The molecular weight excluding hydrogens is 1330 g/mol. The van der Waals surface area contributed by atoms with Crippen molar-refractivity contribution in [1.29, 1.82) is 5.26 Å². The normalized spacial score (nSPS) is 10.6. The van der Waals surface area contributed by atoms with Crippen LogP contribution in [0.15, 0.2) is 242 Å². The molecule has 19 heteroatoms. The van der Waals surface area contributed by atoms with Crippen LogP contribution in [0, 0.1) is 73.6 Å². The van der Waals surface area contributed by atoms with Crippen molar-refractivity contribution < 1.29 is 19.2 Å². The maximum absolute atomic E-state index is 12.7. The number of Topliss-reactive ketones (excluding diaryl/α,β-unsaturated/α-hetero) is 4. The number of rotatable bonds is 20. The number of carbonyl (C=O) groups excluding carboxylic acids is 4. The zero-order valence-corrected chi connectivity index (χ0v) is 59.1. The van der Waals surface area contributed by atoms with Crippen LogP contribution in [-0.4, -0.2) is 64.9 Å². The summed E-state index contributed by atoms with van der Waals surface area (Å²) in [5.74, 6) is -0.356. The first-order valence-corrected chi connectivity index (χ1v) is 33.4.